The quantitative estimate of drug-likeness (QED) is 0.825. The second-order valence-corrected chi connectivity index (χ2v) is 7.17. The Hall–Kier alpha value is -2.38. The van der Waals surface area contributed by atoms with Gasteiger partial charge in [-0.3, -0.25) is 14.4 Å². The summed E-state index contributed by atoms with van der Waals surface area (Å²) in [6.45, 7) is 2.85. The summed E-state index contributed by atoms with van der Waals surface area (Å²) in [6.07, 6.45) is 5.23. The number of rotatable bonds is 5. The second-order valence-electron chi connectivity index (χ2n) is 7.17. The molecule has 8 heteroatoms. The lowest BCUT2D eigenvalue weighted by Gasteiger charge is -2.31. The predicted octanol–water partition coefficient (Wildman–Crippen LogP) is 1.47. The molecule has 2 heterocycles. The number of likely N-dealkylation sites (tertiary alicyclic amines) is 1. The molecule has 142 valence electrons. The Labute approximate surface area is 152 Å². The van der Waals surface area contributed by atoms with Crippen LogP contribution in [0, 0.1) is 18.8 Å². The highest BCUT2D eigenvalue weighted by Crippen LogP contribution is 2.24. The van der Waals surface area contributed by atoms with Gasteiger partial charge in [-0.05, 0) is 32.6 Å². The maximum atomic E-state index is 12.3. The van der Waals surface area contributed by atoms with Crippen LogP contribution < -0.4 is 10.6 Å². The van der Waals surface area contributed by atoms with Crippen LogP contribution in [-0.2, 0) is 14.4 Å². The van der Waals surface area contributed by atoms with Crippen LogP contribution in [0.1, 0.15) is 44.3 Å². The van der Waals surface area contributed by atoms with E-state index >= 15 is 0 Å². The lowest BCUT2D eigenvalue weighted by Crippen LogP contribution is -2.46. The van der Waals surface area contributed by atoms with E-state index in [1.807, 2.05) is 0 Å². The number of nitrogens with one attached hydrogen (secondary N) is 2. The molecule has 0 unspecified atom stereocenters. The van der Waals surface area contributed by atoms with Crippen LogP contribution in [0.5, 0.6) is 0 Å². The average molecular weight is 362 g/mol. The number of carbonyl (C=O) groups excluding carboxylic acids is 3. The summed E-state index contributed by atoms with van der Waals surface area (Å²) in [5.41, 5.74) is 0. The summed E-state index contributed by atoms with van der Waals surface area (Å²) in [7, 11) is 0. The zero-order chi connectivity index (χ0) is 18.5. The number of hydrogen-bond acceptors (Lipinski definition) is 5. The molecule has 8 nitrogen and oxygen atoms in total. The van der Waals surface area contributed by atoms with E-state index in [2.05, 4.69) is 15.8 Å². The Morgan fingerprint density at radius 2 is 1.77 bits per heavy atom. The van der Waals surface area contributed by atoms with Gasteiger partial charge in [0.05, 0.1) is 6.54 Å². The number of amides is 3. The molecule has 3 rings (SSSR count). The molecule has 2 aliphatic rings. The SMILES string of the molecule is Cc1cc(NC(=O)C2CCN(C(=O)CNC(=O)C3CCCC3)CC2)no1. The van der Waals surface area contributed by atoms with Crippen molar-refractivity contribution in [3.05, 3.63) is 11.8 Å². The molecule has 1 saturated carbocycles. The Bertz CT molecular complexity index is 658. The van der Waals surface area contributed by atoms with Crippen molar-refractivity contribution in [2.45, 2.75) is 45.4 Å². The molecule has 3 amide bonds. The van der Waals surface area contributed by atoms with Crippen molar-refractivity contribution in [3.8, 4) is 0 Å². The number of aryl methyl sites for hydroxylation is 1. The Kier molecular flexibility index (Phi) is 5.90. The maximum Gasteiger partial charge on any atom is 0.241 e. The number of anilines is 1. The Balaban J connectivity index is 1.39. The van der Waals surface area contributed by atoms with Gasteiger partial charge < -0.3 is 20.1 Å². The minimum absolute atomic E-state index is 0.00646. The van der Waals surface area contributed by atoms with Gasteiger partial charge in [0.2, 0.25) is 17.7 Å². The van der Waals surface area contributed by atoms with Gasteiger partial charge in [-0.25, -0.2) is 0 Å². The van der Waals surface area contributed by atoms with Crippen molar-refractivity contribution in [2.75, 3.05) is 25.0 Å². The van der Waals surface area contributed by atoms with Gasteiger partial charge in [0.1, 0.15) is 5.76 Å². The molecule has 0 spiro atoms. The van der Waals surface area contributed by atoms with Crippen LogP contribution in [-0.4, -0.2) is 47.4 Å². The molecule has 1 aliphatic carbocycles. The minimum Gasteiger partial charge on any atom is -0.360 e. The topological polar surface area (TPSA) is 105 Å². The molecular weight excluding hydrogens is 336 g/mol. The van der Waals surface area contributed by atoms with E-state index in [4.69, 9.17) is 4.52 Å². The normalized spacial score (nSPS) is 18.7. The van der Waals surface area contributed by atoms with Crippen molar-refractivity contribution in [1.29, 1.82) is 0 Å². The van der Waals surface area contributed by atoms with Gasteiger partial charge in [-0.2, -0.15) is 0 Å². The van der Waals surface area contributed by atoms with Crippen molar-refractivity contribution in [3.63, 3.8) is 0 Å². The fourth-order valence-corrected chi connectivity index (χ4v) is 3.65. The molecule has 0 atom stereocenters. The van der Waals surface area contributed by atoms with Gasteiger partial charge >= 0.3 is 0 Å². The largest absolute Gasteiger partial charge is 0.360 e. The smallest absolute Gasteiger partial charge is 0.241 e. The molecule has 0 aromatic carbocycles. The maximum absolute atomic E-state index is 12.3. The van der Waals surface area contributed by atoms with Crippen molar-refractivity contribution >= 4 is 23.5 Å². The van der Waals surface area contributed by atoms with E-state index < -0.39 is 0 Å². The van der Waals surface area contributed by atoms with E-state index in [0.717, 1.165) is 25.7 Å². The monoisotopic (exact) mass is 362 g/mol. The molecule has 1 aromatic rings. The summed E-state index contributed by atoms with van der Waals surface area (Å²) in [4.78, 5) is 38.3. The third kappa shape index (κ3) is 4.62. The number of aromatic nitrogens is 1. The zero-order valence-corrected chi connectivity index (χ0v) is 15.1. The predicted molar refractivity (Wildman–Crippen MR) is 94.1 cm³/mol. The molecular formula is C18H26N4O4. The van der Waals surface area contributed by atoms with Crippen LogP contribution in [0.25, 0.3) is 0 Å². The van der Waals surface area contributed by atoms with Crippen LogP contribution in [0.3, 0.4) is 0 Å². The standard InChI is InChI=1S/C18H26N4O4/c1-12-10-15(21-26-12)20-18(25)14-6-8-22(9-7-14)16(23)11-19-17(24)13-4-2-3-5-13/h10,13-14H,2-9,11H2,1H3,(H,19,24)(H,20,21,25). The number of hydrogen-bond donors (Lipinski definition) is 2. The molecule has 1 saturated heterocycles. The highest BCUT2D eigenvalue weighted by atomic mass is 16.5. The number of piperidine rings is 1. The van der Waals surface area contributed by atoms with Crippen LogP contribution in [0.4, 0.5) is 5.82 Å². The first-order valence-corrected chi connectivity index (χ1v) is 9.32. The van der Waals surface area contributed by atoms with Crippen LogP contribution in [0.2, 0.25) is 0 Å². The first-order valence-electron chi connectivity index (χ1n) is 9.32. The fraction of sp³-hybridized carbons (Fsp3) is 0.667. The van der Waals surface area contributed by atoms with Crippen molar-refractivity contribution < 1.29 is 18.9 Å². The molecule has 1 aromatic heterocycles. The van der Waals surface area contributed by atoms with Gasteiger partial charge in [0, 0.05) is 31.0 Å². The highest BCUT2D eigenvalue weighted by Gasteiger charge is 2.28. The van der Waals surface area contributed by atoms with Crippen LogP contribution >= 0.6 is 0 Å². The zero-order valence-electron chi connectivity index (χ0n) is 15.1. The van der Waals surface area contributed by atoms with Crippen molar-refractivity contribution in [2.24, 2.45) is 11.8 Å². The molecule has 0 radical (unpaired) electrons. The summed E-state index contributed by atoms with van der Waals surface area (Å²) in [5, 5.41) is 9.26. The minimum atomic E-state index is -0.149. The number of carbonyl (C=O) groups is 3. The van der Waals surface area contributed by atoms with E-state index in [0.29, 0.717) is 37.5 Å². The van der Waals surface area contributed by atoms with Gasteiger partial charge in [-0.15, -0.1) is 0 Å². The summed E-state index contributed by atoms with van der Waals surface area (Å²) in [5.74, 6) is 0.790. The number of nitrogens with zero attached hydrogens (tertiary/aromatic N) is 2. The first kappa shape index (κ1) is 18.4. The molecule has 2 fully saturated rings. The van der Waals surface area contributed by atoms with E-state index in [-0.39, 0.29) is 36.1 Å². The second kappa shape index (κ2) is 8.33. The van der Waals surface area contributed by atoms with Crippen LogP contribution in [0.15, 0.2) is 10.6 Å². The summed E-state index contributed by atoms with van der Waals surface area (Å²) in [6, 6.07) is 1.67. The summed E-state index contributed by atoms with van der Waals surface area (Å²) >= 11 is 0. The lowest BCUT2D eigenvalue weighted by molar-refractivity contribution is -0.136. The van der Waals surface area contributed by atoms with E-state index in [1.165, 1.54) is 0 Å². The molecule has 2 N–H and O–H groups in total. The van der Waals surface area contributed by atoms with E-state index in [1.54, 1.807) is 17.9 Å². The first-order chi connectivity index (χ1) is 12.5. The molecule has 1 aliphatic heterocycles. The van der Waals surface area contributed by atoms with E-state index in [9.17, 15) is 14.4 Å². The lowest BCUT2D eigenvalue weighted by atomic mass is 9.96. The van der Waals surface area contributed by atoms with Gasteiger partial charge in [0.15, 0.2) is 5.82 Å². The summed E-state index contributed by atoms with van der Waals surface area (Å²) < 4.78 is 4.93. The fourth-order valence-electron chi connectivity index (χ4n) is 3.65. The average Bonchev–Trinajstić information content (AvgIpc) is 3.31. The van der Waals surface area contributed by atoms with Gasteiger partial charge in [-0.1, -0.05) is 18.0 Å². The Morgan fingerprint density at radius 1 is 1.12 bits per heavy atom. The highest BCUT2D eigenvalue weighted by molar-refractivity contribution is 5.92. The molecule has 0 bridgehead atoms. The molecule has 26 heavy (non-hydrogen) atoms. The van der Waals surface area contributed by atoms with Gasteiger partial charge in [0.25, 0.3) is 0 Å². The Morgan fingerprint density at radius 3 is 2.38 bits per heavy atom. The third-order valence-electron chi connectivity index (χ3n) is 5.24. The van der Waals surface area contributed by atoms with Crippen molar-refractivity contribution in [1.82, 2.24) is 15.4 Å². The third-order valence-corrected chi connectivity index (χ3v) is 5.24.